The second-order valence-electron chi connectivity index (χ2n) is 10.7. The number of allylic oxidation sites excluding steroid dienone is 2. The van der Waals surface area contributed by atoms with Crippen molar-refractivity contribution in [3.05, 3.63) is 77.3 Å². The van der Waals surface area contributed by atoms with Crippen molar-refractivity contribution < 1.29 is 4.52 Å². The number of anilines is 1. The summed E-state index contributed by atoms with van der Waals surface area (Å²) in [7, 11) is 0. The van der Waals surface area contributed by atoms with E-state index in [1.54, 1.807) is 0 Å². The van der Waals surface area contributed by atoms with Crippen LogP contribution in [0.25, 0.3) is 27.9 Å². The number of fused-ring (bicyclic) bond motifs is 1. The molecule has 4 heterocycles. The number of hydrogen-bond donors (Lipinski definition) is 0. The van der Waals surface area contributed by atoms with Gasteiger partial charge in [-0.3, -0.25) is 9.97 Å². The molecule has 4 aromatic rings. The Balaban J connectivity index is 0.00000123. The summed E-state index contributed by atoms with van der Waals surface area (Å²) in [6.07, 6.45) is 10.3. The van der Waals surface area contributed by atoms with Gasteiger partial charge in [-0.2, -0.15) is 0 Å². The largest absolute Gasteiger partial charge is 0.371 e. The number of hydrogen-bond acceptors (Lipinski definition) is 5. The Morgan fingerprint density at radius 3 is 2.49 bits per heavy atom. The fourth-order valence-electron chi connectivity index (χ4n) is 5.96. The molecular weight excluding hydrogens is 456 g/mol. The molecule has 1 saturated carbocycles. The zero-order valence-corrected chi connectivity index (χ0v) is 22.4. The van der Waals surface area contributed by atoms with Gasteiger partial charge in [0.25, 0.3) is 0 Å². The Labute approximate surface area is 219 Å². The summed E-state index contributed by atoms with van der Waals surface area (Å²) in [6, 6.07) is 15.1. The number of pyridine rings is 2. The lowest BCUT2D eigenvalue weighted by molar-refractivity contribution is 0.277. The van der Waals surface area contributed by atoms with Gasteiger partial charge in [-0.15, -0.1) is 0 Å². The van der Waals surface area contributed by atoms with E-state index in [1.165, 1.54) is 47.9 Å². The van der Waals surface area contributed by atoms with E-state index in [2.05, 4.69) is 69.4 Å². The van der Waals surface area contributed by atoms with Gasteiger partial charge in [0.1, 0.15) is 11.5 Å². The minimum Gasteiger partial charge on any atom is -0.371 e. The molecule has 0 radical (unpaired) electrons. The lowest BCUT2D eigenvalue weighted by atomic mass is 9.63. The van der Waals surface area contributed by atoms with Crippen LogP contribution in [0.3, 0.4) is 0 Å². The third-order valence-electron chi connectivity index (χ3n) is 8.18. The van der Waals surface area contributed by atoms with Crippen LogP contribution >= 0.6 is 0 Å². The minimum atomic E-state index is 0.301. The number of nitrogens with zero attached hydrogens (tertiary/aromatic N) is 4. The minimum absolute atomic E-state index is 0.301. The number of aryl methyl sites for hydroxylation is 2. The van der Waals surface area contributed by atoms with Crippen LogP contribution in [0.1, 0.15) is 74.5 Å². The van der Waals surface area contributed by atoms with Crippen LogP contribution < -0.4 is 4.90 Å². The third-order valence-corrected chi connectivity index (χ3v) is 8.18. The maximum absolute atomic E-state index is 5.93. The first-order valence-corrected chi connectivity index (χ1v) is 13.8. The number of piperidine rings is 1. The van der Waals surface area contributed by atoms with E-state index in [9.17, 15) is 0 Å². The maximum Gasteiger partial charge on any atom is 0.147 e. The molecule has 3 aliphatic rings. The van der Waals surface area contributed by atoms with Crippen molar-refractivity contribution >= 4 is 22.2 Å². The highest BCUT2D eigenvalue weighted by atomic mass is 16.5. The summed E-state index contributed by atoms with van der Waals surface area (Å²) in [4.78, 5) is 11.8. The molecule has 3 aromatic heterocycles. The molecule has 0 amide bonds. The molecule has 0 bridgehead atoms. The predicted molar refractivity (Wildman–Crippen MR) is 151 cm³/mol. The molecule has 1 aromatic carbocycles. The highest BCUT2D eigenvalue weighted by Gasteiger charge is 2.44. The highest BCUT2D eigenvalue weighted by molar-refractivity contribution is 5.84. The second kappa shape index (κ2) is 9.44. The third kappa shape index (κ3) is 4.35. The molecule has 1 spiro atoms. The molecule has 2 fully saturated rings. The van der Waals surface area contributed by atoms with Crippen molar-refractivity contribution in [1.82, 2.24) is 15.1 Å². The van der Waals surface area contributed by atoms with Crippen molar-refractivity contribution in [3.8, 4) is 11.4 Å². The molecule has 1 saturated heterocycles. The van der Waals surface area contributed by atoms with Gasteiger partial charge in [-0.1, -0.05) is 37.2 Å². The first-order chi connectivity index (χ1) is 18.1. The van der Waals surface area contributed by atoms with Gasteiger partial charge in [-0.25, -0.2) is 0 Å². The van der Waals surface area contributed by atoms with Gasteiger partial charge in [0.15, 0.2) is 0 Å². The Hall–Kier alpha value is -3.47. The summed E-state index contributed by atoms with van der Waals surface area (Å²) in [5.74, 6) is 1.62. The molecule has 2 aliphatic carbocycles. The summed E-state index contributed by atoms with van der Waals surface area (Å²) >= 11 is 0. The molecule has 5 heteroatoms. The van der Waals surface area contributed by atoms with Crippen molar-refractivity contribution in [2.75, 3.05) is 18.0 Å². The molecule has 0 N–H and O–H groups in total. The molecular formula is C32H36N4O. The van der Waals surface area contributed by atoms with Crippen LogP contribution in [0, 0.1) is 19.3 Å². The van der Waals surface area contributed by atoms with Gasteiger partial charge >= 0.3 is 0 Å². The Bertz CT molecular complexity index is 1470. The van der Waals surface area contributed by atoms with Crippen LogP contribution in [0.4, 0.5) is 5.69 Å². The summed E-state index contributed by atoms with van der Waals surface area (Å²) in [6.45, 7) is 10.3. The van der Waals surface area contributed by atoms with Crippen molar-refractivity contribution in [1.29, 1.82) is 0 Å². The Morgan fingerprint density at radius 1 is 0.973 bits per heavy atom. The zero-order chi connectivity index (χ0) is 25.6. The van der Waals surface area contributed by atoms with Gasteiger partial charge in [-0.05, 0) is 92.8 Å². The van der Waals surface area contributed by atoms with Gasteiger partial charge in [0.05, 0.1) is 16.8 Å². The van der Waals surface area contributed by atoms with E-state index < -0.39 is 0 Å². The van der Waals surface area contributed by atoms with Gasteiger partial charge in [0.2, 0.25) is 0 Å². The number of rotatable bonds is 4. The lowest BCUT2D eigenvalue weighted by Gasteiger charge is -2.47. The molecule has 190 valence electrons. The monoisotopic (exact) mass is 492 g/mol. The van der Waals surface area contributed by atoms with E-state index in [1.807, 2.05) is 33.0 Å². The highest BCUT2D eigenvalue weighted by Crippen LogP contribution is 2.55. The van der Waals surface area contributed by atoms with Crippen LogP contribution in [-0.2, 0) is 0 Å². The molecule has 37 heavy (non-hydrogen) atoms. The van der Waals surface area contributed by atoms with E-state index in [-0.39, 0.29) is 0 Å². The van der Waals surface area contributed by atoms with E-state index in [4.69, 9.17) is 4.52 Å². The summed E-state index contributed by atoms with van der Waals surface area (Å²) in [5.41, 5.74) is 9.44. The topological polar surface area (TPSA) is 55.1 Å². The summed E-state index contributed by atoms with van der Waals surface area (Å²) in [5, 5.41) is 5.75. The van der Waals surface area contributed by atoms with E-state index in [0.717, 1.165) is 53.4 Å². The normalized spacial score (nSPS) is 18.3. The average molecular weight is 493 g/mol. The van der Waals surface area contributed by atoms with E-state index >= 15 is 0 Å². The van der Waals surface area contributed by atoms with Crippen LogP contribution in [0.2, 0.25) is 0 Å². The fraction of sp³-hybridized carbons (Fsp3) is 0.406. The molecule has 7 rings (SSSR count). The fourth-order valence-corrected chi connectivity index (χ4v) is 5.96. The van der Waals surface area contributed by atoms with Crippen molar-refractivity contribution in [2.24, 2.45) is 5.41 Å². The van der Waals surface area contributed by atoms with Gasteiger partial charge < -0.3 is 9.42 Å². The standard InChI is InChI=1S/C30H30N4O.C2H6/c1-19-4-3-13-31-27(19)28-26(29(35-33-28)21-7-8-21)23-17-30(18-23)11-14-34(15-12-30)24-9-10-25-22(16-24)6-5-20(2)32-25;1-2/h3-6,9-10,13,16-17,21H,7-8,11-12,14-15,18H2,1-2H3;1-2H3. The lowest BCUT2D eigenvalue weighted by Crippen LogP contribution is -2.42. The van der Waals surface area contributed by atoms with Crippen molar-refractivity contribution in [3.63, 3.8) is 0 Å². The van der Waals surface area contributed by atoms with Gasteiger partial charge in [0, 0.05) is 42.0 Å². The maximum atomic E-state index is 5.93. The predicted octanol–water partition coefficient (Wildman–Crippen LogP) is 7.88. The SMILES string of the molecule is CC.Cc1ccc2cc(N3CCC4(C=C(c5c(-c6ncccc6C)noc5C5CC5)C4)CC3)ccc2n1. The number of benzene rings is 1. The number of aromatic nitrogens is 3. The molecule has 0 unspecified atom stereocenters. The Kier molecular flexibility index (Phi) is 6.10. The average Bonchev–Trinajstić information content (AvgIpc) is 3.67. The molecule has 0 atom stereocenters. The van der Waals surface area contributed by atoms with Crippen molar-refractivity contribution in [2.45, 2.75) is 65.7 Å². The Morgan fingerprint density at radius 2 is 1.76 bits per heavy atom. The second-order valence-corrected chi connectivity index (χ2v) is 10.7. The summed E-state index contributed by atoms with van der Waals surface area (Å²) < 4.78 is 5.93. The van der Waals surface area contributed by atoms with Crippen LogP contribution in [-0.4, -0.2) is 28.2 Å². The first-order valence-electron chi connectivity index (χ1n) is 13.8. The first kappa shape index (κ1) is 23.9. The molecule has 1 aliphatic heterocycles. The quantitative estimate of drug-likeness (QED) is 0.290. The van der Waals surface area contributed by atoms with Crippen LogP contribution in [0.15, 0.2) is 59.3 Å². The zero-order valence-electron chi connectivity index (χ0n) is 22.4. The van der Waals surface area contributed by atoms with Crippen LogP contribution in [0.5, 0.6) is 0 Å². The smallest absolute Gasteiger partial charge is 0.147 e. The molecule has 5 nitrogen and oxygen atoms in total. The van der Waals surface area contributed by atoms with E-state index in [0.29, 0.717) is 11.3 Å².